The molecule has 0 saturated heterocycles. The molecule has 6 nitrogen and oxygen atoms in total. The molecule has 0 unspecified atom stereocenters. The zero-order valence-corrected chi connectivity index (χ0v) is 8.21. The minimum Gasteiger partial charge on any atom is -0.481 e. The Labute approximate surface area is 95.8 Å². The van der Waals surface area contributed by atoms with Gasteiger partial charge in [0.2, 0.25) is 10.5 Å². The summed E-state index contributed by atoms with van der Waals surface area (Å²) in [5, 5.41) is 14.0. The second-order valence-electron chi connectivity index (χ2n) is 1.85. The molecule has 0 radical (unpaired) electrons. The molecular formula is C7H10Cl2O6. The van der Waals surface area contributed by atoms with Crippen LogP contribution in [0.4, 0.5) is 0 Å². The molecule has 0 aromatic heterocycles. The third-order valence-electron chi connectivity index (χ3n) is 0.580. The third kappa shape index (κ3) is 32.2. The Morgan fingerprint density at radius 2 is 1.07 bits per heavy atom. The number of carbonyl (C=O) groups excluding carboxylic acids is 2. The van der Waals surface area contributed by atoms with Crippen molar-refractivity contribution in [2.45, 2.75) is 20.3 Å². The van der Waals surface area contributed by atoms with Gasteiger partial charge in [-0.3, -0.25) is 19.2 Å². The van der Waals surface area contributed by atoms with Gasteiger partial charge in [-0.05, 0) is 23.2 Å². The lowest BCUT2D eigenvalue weighted by molar-refractivity contribution is -0.147. The van der Waals surface area contributed by atoms with Crippen LogP contribution in [0.1, 0.15) is 20.3 Å². The van der Waals surface area contributed by atoms with Gasteiger partial charge in [-0.15, -0.1) is 0 Å². The van der Waals surface area contributed by atoms with E-state index in [1.165, 1.54) is 0 Å². The van der Waals surface area contributed by atoms with Crippen molar-refractivity contribution in [1.29, 1.82) is 0 Å². The lowest BCUT2D eigenvalue weighted by Gasteiger charge is -1.80. The fourth-order valence-electron chi connectivity index (χ4n) is 0.239. The second kappa shape index (κ2) is 10.9. The van der Waals surface area contributed by atoms with Crippen LogP contribution in [0.25, 0.3) is 0 Å². The summed E-state index contributed by atoms with van der Waals surface area (Å²) < 4.78 is 0. The van der Waals surface area contributed by atoms with Crippen LogP contribution in [0.15, 0.2) is 0 Å². The van der Waals surface area contributed by atoms with Crippen LogP contribution in [-0.4, -0.2) is 32.6 Å². The number of carbonyl (C=O) groups is 4. The largest absolute Gasteiger partial charge is 0.481 e. The van der Waals surface area contributed by atoms with E-state index in [0.29, 0.717) is 0 Å². The summed E-state index contributed by atoms with van der Waals surface area (Å²) in [6.07, 6.45) is -1.19. The van der Waals surface area contributed by atoms with E-state index in [4.69, 9.17) is 33.4 Å². The maximum atomic E-state index is 9.71. The van der Waals surface area contributed by atoms with Crippen molar-refractivity contribution in [1.82, 2.24) is 0 Å². The molecule has 0 heterocycles. The van der Waals surface area contributed by atoms with Gasteiger partial charge in [0.05, 0.1) is 6.42 Å². The number of carboxylic acid groups (broad SMARTS) is 2. The van der Waals surface area contributed by atoms with Crippen LogP contribution in [0, 0.1) is 0 Å². The highest BCUT2D eigenvalue weighted by Gasteiger charge is 2.01. The summed E-state index contributed by atoms with van der Waals surface area (Å²) in [4.78, 5) is 38.3. The first kappa shape index (κ1) is 19.4. The van der Waals surface area contributed by atoms with Gasteiger partial charge in [0, 0.05) is 0 Å². The Morgan fingerprint density at radius 1 is 0.800 bits per heavy atom. The van der Waals surface area contributed by atoms with Crippen LogP contribution >= 0.6 is 23.2 Å². The van der Waals surface area contributed by atoms with Crippen molar-refractivity contribution in [2.75, 3.05) is 0 Å². The van der Waals surface area contributed by atoms with E-state index in [0.717, 1.165) is 0 Å². The smallest absolute Gasteiger partial charge is 0.314 e. The topological polar surface area (TPSA) is 109 Å². The summed E-state index contributed by atoms with van der Waals surface area (Å²) >= 11 is 9.46. The van der Waals surface area contributed by atoms with Gasteiger partial charge in [-0.2, -0.15) is 0 Å². The van der Waals surface area contributed by atoms with E-state index in [1.807, 2.05) is 0 Å². The molecule has 0 rings (SSSR count). The van der Waals surface area contributed by atoms with E-state index >= 15 is 0 Å². The Balaban J connectivity index is -0.000000180. The van der Waals surface area contributed by atoms with Crippen LogP contribution < -0.4 is 0 Å². The van der Waals surface area contributed by atoms with E-state index in [1.54, 1.807) is 0 Å². The van der Waals surface area contributed by atoms with Crippen LogP contribution in [0.2, 0.25) is 0 Å². The number of aliphatic carboxylic acids is 2. The molecule has 0 aromatic carbocycles. The van der Waals surface area contributed by atoms with E-state index in [-0.39, 0.29) is 13.8 Å². The number of halogens is 2. The van der Waals surface area contributed by atoms with Gasteiger partial charge in [-0.25, -0.2) is 0 Å². The summed E-state index contributed by atoms with van der Waals surface area (Å²) in [5.74, 6) is -2.62. The van der Waals surface area contributed by atoms with Gasteiger partial charge in [0.15, 0.2) is 0 Å². The predicted molar refractivity (Wildman–Crippen MR) is 53.0 cm³/mol. The lowest BCUT2D eigenvalue weighted by atomic mass is 10.5. The Morgan fingerprint density at radius 3 is 1.07 bits per heavy atom. The molecule has 0 aliphatic carbocycles. The van der Waals surface area contributed by atoms with Gasteiger partial charge in [0.1, 0.15) is 6.42 Å². The lowest BCUT2D eigenvalue weighted by Crippen LogP contribution is -2.03. The highest BCUT2D eigenvalue weighted by molar-refractivity contribution is 6.72. The Bertz CT molecular complexity index is 200. The van der Waals surface area contributed by atoms with Gasteiger partial charge in [0.25, 0.3) is 0 Å². The van der Waals surface area contributed by atoms with Gasteiger partial charge in [-0.1, -0.05) is 7.43 Å². The fourth-order valence-corrected chi connectivity index (χ4v) is 0.550. The molecule has 0 atom stereocenters. The summed E-state index contributed by atoms with van der Waals surface area (Å²) in [6.45, 7) is 0. The quantitative estimate of drug-likeness (QED) is 0.579. The highest BCUT2D eigenvalue weighted by atomic mass is 35.5. The van der Waals surface area contributed by atoms with Crippen molar-refractivity contribution >= 4 is 45.6 Å². The van der Waals surface area contributed by atoms with Crippen molar-refractivity contribution < 1.29 is 29.4 Å². The SMILES string of the molecule is C.O=C(Cl)CC(=O)Cl.O=C(O)CC(=O)O. The number of hydrogen-bond acceptors (Lipinski definition) is 4. The molecule has 2 N–H and O–H groups in total. The minimum atomic E-state index is -1.31. The summed E-state index contributed by atoms with van der Waals surface area (Å²) in [5.41, 5.74) is 0. The van der Waals surface area contributed by atoms with Crippen LogP contribution in [0.5, 0.6) is 0 Å². The highest BCUT2D eigenvalue weighted by Crippen LogP contribution is 1.92. The molecule has 0 aliphatic rings. The van der Waals surface area contributed by atoms with Crippen molar-refractivity contribution in [2.24, 2.45) is 0 Å². The number of rotatable bonds is 4. The predicted octanol–water partition coefficient (Wildman–Crippen LogP) is 1.09. The van der Waals surface area contributed by atoms with Gasteiger partial charge >= 0.3 is 11.9 Å². The standard InChI is InChI=1S/C3H2Cl2O2.C3H4O4.CH4/c4-2(6)1-3(5)7;4-2(5)1-3(6)7;/h1H2;1H2,(H,4,5)(H,6,7);1H4. The molecule has 0 saturated carbocycles. The number of hydrogen-bond donors (Lipinski definition) is 2. The maximum Gasteiger partial charge on any atom is 0.314 e. The molecule has 88 valence electrons. The third-order valence-corrected chi connectivity index (χ3v) is 0.848. The van der Waals surface area contributed by atoms with Gasteiger partial charge < -0.3 is 10.2 Å². The molecule has 15 heavy (non-hydrogen) atoms. The maximum absolute atomic E-state index is 9.71. The normalized spacial score (nSPS) is 7.60. The second-order valence-corrected chi connectivity index (χ2v) is 2.69. The summed E-state index contributed by atoms with van der Waals surface area (Å²) in [7, 11) is 0. The first-order valence-corrected chi connectivity index (χ1v) is 3.81. The monoisotopic (exact) mass is 260 g/mol. The van der Waals surface area contributed by atoms with E-state index in [2.05, 4.69) is 0 Å². The Hall–Kier alpha value is -1.14. The zero-order chi connectivity index (χ0) is 11.7. The molecular weight excluding hydrogens is 251 g/mol. The molecule has 0 aliphatic heterocycles. The molecule has 0 aromatic rings. The first-order chi connectivity index (χ1) is 6.25. The molecule has 0 fully saturated rings. The summed E-state index contributed by atoms with van der Waals surface area (Å²) in [6, 6.07) is 0. The first-order valence-electron chi connectivity index (χ1n) is 3.06. The number of carboxylic acids is 2. The zero-order valence-electron chi connectivity index (χ0n) is 6.70. The van der Waals surface area contributed by atoms with Crippen molar-refractivity contribution in [3.8, 4) is 0 Å². The molecule has 8 heteroatoms. The van der Waals surface area contributed by atoms with Crippen molar-refractivity contribution in [3.05, 3.63) is 0 Å². The average molecular weight is 261 g/mol. The van der Waals surface area contributed by atoms with Crippen molar-refractivity contribution in [3.63, 3.8) is 0 Å². The van der Waals surface area contributed by atoms with E-state index < -0.39 is 28.8 Å². The minimum absolute atomic E-state index is 0. The van der Waals surface area contributed by atoms with Crippen LogP contribution in [-0.2, 0) is 19.2 Å². The van der Waals surface area contributed by atoms with Crippen LogP contribution in [0.3, 0.4) is 0 Å². The molecule has 0 amide bonds. The Kier molecular flexibility index (Phi) is 14.2. The molecule has 0 bridgehead atoms. The molecule has 0 spiro atoms. The fraction of sp³-hybridized carbons (Fsp3) is 0.429. The average Bonchev–Trinajstić information content (AvgIpc) is 1.79. The van der Waals surface area contributed by atoms with E-state index in [9.17, 15) is 19.2 Å².